The predicted molar refractivity (Wildman–Crippen MR) is 84.0 cm³/mol. The van der Waals surface area contributed by atoms with Gasteiger partial charge in [0.2, 0.25) is 0 Å². The van der Waals surface area contributed by atoms with Crippen LogP contribution >= 0.6 is 0 Å². The zero-order valence-corrected chi connectivity index (χ0v) is 13.3. The van der Waals surface area contributed by atoms with Crippen molar-refractivity contribution in [1.29, 1.82) is 0 Å². The zero-order chi connectivity index (χ0) is 16.8. The van der Waals surface area contributed by atoms with Gasteiger partial charge in [-0.2, -0.15) is 5.10 Å². The van der Waals surface area contributed by atoms with Crippen LogP contribution in [0.2, 0.25) is 0 Å². The van der Waals surface area contributed by atoms with E-state index in [4.69, 9.17) is 0 Å². The topological polar surface area (TPSA) is 67.1 Å². The van der Waals surface area contributed by atoms with Gasteiger partial charge in [-0.1, -0.05) is 13.0 Å². The summed E-state index contributed by atoms with van der Waals surface area (Å²) in [5, 5.41) is 10.2. The van der Waals surface area contributed by atoms with E-state index in [-0.39, 0.29) is 5.92 Å². The molecule has 2 N–H and O–H groups in total. The second kappa shape index (κ2) is 7.66. The molecule has 1 aromatic carbocycles. The molecule has 0 aliphatic rings. The molecule has 6 nitrogen and oxygen atoms in total. The van der Waals surface area contributed by atoms with E-state index in [1.54, 1.807) is 18.8 Å². The van der Waals surface area contributed by atoms with Gasteiger partial charge in [-0.3, -0.25) is 9.67 Å². The Hall–Kier alpha value is -2.51. The van der Waals surface area contributed by atoms with Gasteiger partial charge in [0.05, 0.1) is 6.54 Å². The highest BCUT2D eigenvalue weighted by Gasteiger charge is 2.12. The van der Waals surface area contributed by atoms with Crippen LogP contribution in [-0.4, -0.2) is 34.3 Å². The Kier molecular flexibility index (Phi) is 5.61. The van der Waals surface area contributed by atoms with E-state index in [9.17, 15) is 8.78 Å². The van der Waals surface area contributed by atoms with Crippen LogP contribution in [0.25, 0.3) is 0 Å². The molecule has 1 heterocycles. The number of guanidine groups is 1. The first kappa shape index (κ1) is 16.9. The minimum atomic E-state index is -0.576. The molecule has 0 radical (unpaired) electrons. The summed E-state index contributed by atoms with van der Waals surface area (Å²) in [5.74, 6) is 0.0887. The number of nitrogens with zero attached hydrogens (tertiary/aromatic N) is 4. The highest BCUT2D eigenvalue weighted by atomic mass is 19.1. The molecule has 0 aliphatic carbocycles. The minimum Gasteiger partial charge on any atom is -0.356 e. The fourth-order valence-electron chi connectivity index (χ4n) is 2.12. The fourth-order valence-corrected chi connectivity index (χ4v) is 2.12. The van der Waals surface area contributed by atoms with E-state index >= 15 is 0 Å². The van der Waals surface area contributed by atoms with E-state index < -0.39 is 11.6 Å². The number of hydrogen-bond acceptors (Lipinski definition) is 3. The van der Waals surface area contributed by atoms with E-state index in [2.05, 4.69) is 25.7 Å². The third-order valence-corrected chi connectivity index (χ3v) is 3.51. The van der Waals surface area contributed by atoms with Crippen LogP contribution in [0.1, 0.15) is 24.2 Å². The van der Waals surface area contributed by atoms with Gasteiger partial charge in [-0.15, -0.1) is 0 Å². The Morgan fingerprint density at radius 1 is 1.35 bits per heavy atom. The minimum absolute atomic E-state index is 0.135. The lowest BCUT2D eigenvalue weighted by atomic mass is 10.0. The first-order valence-electron chi connectivity index (χ1n) is 7.23. The summed E-state index contributed by atoms with van der Waals surface area (Å²) < 4.78 is 28.4. The molecule has 2 aromatic rings. The number of benzene rings is 1. The van der Waals surface area contributed by atoms with Gasteiger partial charge >= 0.3 is 0 Å². The normalized spacial score (nSPS) is 13.0. The second-order valence-electron chi connectivity index (χ2n) is 5.17. The lowest BCUT2D eigenvalue weighted by Crippen LogP contribution is -2.39. The Morgan fingerprint density at radius 3 is 2.74 bits per heavy atom. The fraction of sp³-hybridized carbons (Fsp3) is 0.400. The number of aryl methyl sites for hydroxylation is 1. The molecule has 23 heavy (non-hydrogen) atoms. The van der Waals surface area contributed by atoms with Gasteiger partial charge in [0.25, 0.3) is 0 Å². The molecule has 1 aromatic heterocycles. The molecule has 0 fully saturated rings. The number of nitrogens with one attached hydrogen (secondary N) is 2. The van der Waals surface area contributed by atoms with E-state index in [0.29, 0.717) is 24.6 Å². The first-order valence-corrected chi connectivity index (χ1v) is 7.23. The predicted octanol–water partition coefficient (Wildman–Crippen LogP) is 1.56. The van der Waals surface area contributed by atoms with Crippen molar-refractivity contribution in [2.75, 3.05) is 13.6 Å². The molecule has 0 amide bonds. The van der Waals surface area contributed by atoms with Gasteiger partial charge in [-0.05, 0) is 11.6 Å². The van der Waals surface area contributed by atoms with Crippen LogP contribution in [0, 0.1) is 11.6 Å². The van der Waals surface area contributed by atoms with E-state index in [1.807, 2.05) is 6.92 Å². The van der Waals surface area contributed by atoms with Crippen molar-refractivity contribution in [2.24, 2.45) is 12.0 Å². The second-order valence-corrected chi connectivity index (χ2v) is 5.17. The van der Waals surface area contributed by atoms with Crippen molar-refractivity contribution in [2.45, 2.75) is 19.4 Å². The van der Waals surface area contributed by atoms with E-state index in [0.717, 1.165) is 11.9 Å². The Labute approximate surface area is 133 Å². The smallest absolute Gasteiger partial charge is 0.191 e. The quantitative estimate of drug-likeness (QED) is 0.648. The van der Waals surface area contributed by atoms with Crippen LogP contribution in [-0.2, 0) is 13.6 Å². The van der Waals surface area contributed by atoms with Crippen LogP contribution in [0.3, 0.4) is 0 Å². The molecule has 124 valence electrons. The van der Waals surface area contributed by atoms with Crippen molar-refractivity contribution < 1.29 is 8.78 Å². The Morgan fingerprint density at radius 2 is 2.13 bits per heavy atom. The highest BCUT2D eigenvalue weighted by Crippen LogP contribution is 2.19. The number of aliphatic imine (C=N–C) groups is 1. The standard InChI is InChI=1S/C15H20F2N6/c1-10(12-5-4-11(16)6-13(12)17)7-19-15(18-2)20-8-14-21-9-22-23(14)3/h4-6,9-10H,7-8H2,1-3H3,(H2,18,19,20). The van der Waals surface area contributed by atoms with Gasteiger partial charge in [0, 0.05) is 32.6 Å². The maximum Gasteiger partial charge on any atom is 0.191 e. The molecule has 0 aliphatic heterocycles. The summed E-state index contributed by atoms with van der Waals surface area (Å²) in [5.41, 5.74) is 0.461. The monoisotopic (exact) mass is 322 g/mol. The average Bonchev–Trinajstić information content (AvgIpc) is 2.92. The maximum atomic E-state index is 13.8. The van der Waals surface area contributed by atoms with Crippen molar-refractivity contribution in [3.63, 3.8) is 0 Å². The molecular formula is C15H20F2N6. The number of aromatic nitrogens is 3. The van der Waals surface area contributed by atoms with Crippen LogP contribution < -0.4 is 10.6 Å². The Balaban J connectivity index is 1.88. The third kappa shape index (κ3) is 4.48. The van der Waals surface area contributed by atoms with E-state index in [1.165, 1.54) is 18.5 Å². The first-order chi connectivity index (χ1) is 11.0. The molecule has 1 atom stereocenters. The third-order valence-electron chi connectivity index (χ3n) is 3.51. The average molecular weight is 322 g/mol. The van der Waals surface area contributed by atoms with Gasteiger partial charge in [0.1, 0.15) is 23.8 Å². The maximum absolute atomic E-state index is 13.8. The summed E-state index contributed by atoms with van der Waals surface area (Å²) >= 11 is 0. The summed E-state index contributed by atoms with van der Waals surface area (Å²) in [7, 11) is 3.45. The zero-order valence-electron chi connectivity index (χ0n) is 13.3. The van der Waals surface area contributed by atoms with Crippen LogP contribution in [0.5, 0.6) is 0 Å². The molecule has 8 heteroatoms. The molecule has 1 unspecified atom stereocenters. The van der Waals surface area contributed by atoms with Gasteiger partial charge < -0.3 is 10.6 Å². The molecule has 0 spiro atoms. The number of hydrogen-bond donors (Lipinski definition) is 2. The van der Waals surface area contributed by atoms with Gasteiger partial charge in [0.15, 0.2) is 5.96 Å². The summed E-state index contributed by atoms with van der Waals surface area (Å²) in [6, 6.07) is 3.62. The van der Waals surface area contributed by atoms with Crippen molar-refractivity contribution in [1.82, 2.24) is 25.4 Å². The van der Waals surface area contributed by atoms with Gasteiger partial charge in [-0.25, -0.2) is 13.8 Å². The lowest BCUT2D eigenvalue weighted by Gasteiger charge is -2.16. The van der Waals surface area contributed by atoms with Crippen molar-refractivity contribution >= 4 is 5.96 Å². The summed E-state index contributed by atoms with van der Waals surface area (Å²) in [6.45, 7) is 2.79. The summed E-state index contributed by atoms with van der Waals surface area (Å²) in [6.07, 6.45) is 1.48. The molecule has 0 saturated carbocycles. The molecule has 0 bridgehead atoms. The summed E-state index contributed by atoms with van der Waals surface area (Å²) in [4.78, 5) is 8.21. The van der Waals surface area contributed by atoms with Crippen LogP contribution in [0.15, 0.2) is 29.5 Å². The number of halogens is 2. The van der Waals surface area contributed by atoms with Crippen LogP contribution in [0.4, 0.5) is 8.78 Å². The van der Waals surface area contributed by atoms with Crippen molar-refractivity contribution in [3.05, 3.63) is 47.5 Å². The molecule has 0 saturated heterocycles. The Bertz CT molecular complexity index is 682. The highest BCUT2D eigenvalue weighted by molar-refractivity contribution is 5.79. The molecule has 2 rings (SSSR count). The lowest BCUT2D eigenvalue weighted by molar-refractivity contribution is 0.555. The number of rotatable bonds is 5. The van der Waals surface area contributed by atoms with Crippen molar-refractivity contribution in [3.8, 4) is 0 Å². The molecular weight excluding hydrogens is 302 g/mol. The SMILES string of the molecule is CN=C(NCc1ncnn1C)NCC(C)c1ccc(F)cc1F. The largest absolute Gasteiger partial charge is 0.356 e.